The van der Waals surface area contributed by atoms with Crippen LogP contribution in [0.4, 0.5) is 0 Å². The van der Waals surface area contributed by atoms with Crippen LogP contribution in [-0.4, -0.2) is 30.3 Å². The van der Waals surface area contributed by atoms with Crippen LogP contribution in [0, 0.1) is 0 Å². The van der Waals surface area contributed by atoms with Crippen molar-refractivity contribution in [3.05, 3.63) is 0 Å². The summed E-state index contributed by atoms with van der Waals surface area (Å²) in [6, 6.07) is 0.238. The van der Waals surface area contributed by atoms with Gasteiger partial charge in [-0.25, -0.2) is 0 Å². The highest BCUT2D eigenvalue weighted by Crippen LogP contribution is 2.02. The topological polar surface area (TPSA) is 58.3 Å². The quantitative estimate of drug-likeness (QED) is 0.396. The highest BCUT2D eigenvalue weighted by molar-refractivity contribution is 4.73. The van der Waals surface area contributed by atoms with E-state index >= 15 is 0 Å². The van der Waals surface area contributed by atoms with Gasteiger partial charge in [-0.3, -0.25) is 0 Å². The molecule has 1 aliphatic rings. The smallest absolute Gasteiger partial charge is 0.0665 e. The minimum atomic E-state index is -0.182. The second-order valence-electron chi connectivity index (χ2n) is 2.65. The average molecular weight is 130 g/mol. The highest BCUT2D eigenvalue weighted by Gasteiger charge is 2.12. The predicted molar refractivity (Wildman–Crippen MR) is 36.1 cm³/mol. The van der Waals surface area contributed by atoms with Gasteiger partial charge in [-0.05, 0) is 12.8 Å². The maximum Gasteiger partial charge on any atom is 0.0665 e. The van der Waals surface area contributed by atoms with Crippen LogP contribution < -0.4 is 11.1 Å². The van der Waals surface area contributed by atoms with Crippen LogP contribution in [0.2, 0.25) is 0 Å². The van der Waals surface area contributed by atoms with E-state index in [1.807, 2.05) is 0 Å². The molecule has 0 bridgehead atoms. The third-order valence-electron chi connectivity index (χ3n) is 1.66. The molecule has 3 nitrogen and oxygen atoms in total. The van der Waals surface area contributed by atoms with Gasteiger partial charge in [-0.1, -0.05) is 0 Å². The minimum Gasteiger partial charge on any atom is -0.392 e. The van der Waals surface area contributed by atoms with Gasteiger partial charge in [-0.2, -0.15) is 0 Å². The third-order valence-corrected chi connectivity index (χ3v) is 1.66. The van der Waals surface area contributed by atoms with Crippen LogP contribution >= 0.6 is 0 Å². The molecule has 9 heavy (non-hydrogen) atoms. The van der Waals surface area contributed by atoms with Crippen LogP contribution in [0.1, 0.15) is 12.8 Å². The SMILES string of the molecule is N[C@@H]1CC[C@H](O)CNC1. The van der Waals surface area contributed by atoms with Crippen LogP contribution in [0.3, 0.4) is 0 Å². The van der Waals surface area contributed by atoms with E-state index in [0.29, 0.717) is 6.54 Å². The number of hydrogen-bond donors (Lipinski definition) is 3. The lowest BCUT2D eigenvalue weighted by atomic mass is 10.1. The van der Waals surface area contributed by atoms with E-state index in [1.165, 1.54) is 0 Å². The molecule has 0 radical (unpaired) electrons. The molecule has 0 spiro atoms. The fraction of sp³-hybridized carbons (Fsp3) is 1.00. The van der Waals surface area contributed by atoms with Gasteiger partial charge in [0.25, 0.3) is 0 Å². The van der Waals surface area contributed by atoms with Crippen LogP contribution in [0.15, 0.2) is 0 Å². The van der Waals surface area contributed by atoms with Crippen molar-refractivity contribution >= 4 is 0 Å². The molecule has 2 atom stereocenters. The molecule has 1 aliphatic heterocycles. The monoisotopic (exact) mass is 130 g/mol. The molecular formula is C6H14N2O. The number of hydrogen-bond acceptors (Lipinski definition) is 3. The van der Waals surface area contributed by atoms with Crippen LogP contribution in [0.25, 0.3) is 0 Å². The first-order valence-electron chi connectivity index (χ1n) is 3.43. The maximum absolute atomic E-state index is 9.09. The van der Waals surface area contributed by atoms with Crippen molar-refractivity contribution < 1.29 is 5.11 Å². The Morgan fingerprint density at radius 3 is 2.89 bits per heavy atom. The standard InChI is InChI=1S/C6H14N2O/c7-5-1-2-6(9)4-8-3-5/h5-6,8-9H,1-4,7H2/t5-,6+/m1/s1. The van der Waals surface area contributed by atoms with E-state index in [-0.39, 0.29) is 12.1 Å². The summed E-state index contributed by atoms with van der Waals surface area (Å²) in [5, 5.41) is 12.2. The van der Waals surface area contributed by atoms with Crippen molar-refractivity contribution in [2.45, 2.75) is 25.0 Å². The number of nitrogens with one attached hydrogen (secondary N) is 1. The van der Waals surface area contributed by atoms with Crippen molar-refractivity contribution in [1.29, 1.82) is 0 Å². The molecule has 0 amide bonds. The molecule has 1 saturated heterocycles. The number of nitrogens with two attached hydrogens (primary N) is 1. The Morgan fingerprint density at radius 2 is 2.11 bits per heavy atom. The Morgan fingerprint density at radius 1 is 1.33 bits per heavy atom. The minimum absolute atomic E-state index is 0.182. The first-order chi connectivity index (χ1) is 4.29. The third kappa shape index (κ3) is 2.30. The van der Waals surface area contributed by atoms with Gasteiger partial charge in [0.1, 0.15) is 0 Å². The van der Waals surface area contributed by atoms with Gasteiger partial charge < -0.3 is 16.2 Å². The second kappa shape index (κ2) is 3.15. The Bertz CT molecular complexity index is 77.1. The summed E-state index contributed by atoms with van der Waals surface area (Å²) < 4.78 is 0. The summed E-state index contributed by atoms with van der Waals surface area (Å²) in [5.41, 5.74) is 5.62. The van der Waals surface area contributed by atoms with Crippen LogP contribution in [-0.2, 0) is 0 Å². The summed E-state index contributed by atoms with van der Waals surface area (Å²) in [6.45, 7) is 1.55. The average Bonchev–Trinajstić information content (AvgIpc) is 1.97. The van der Waals surface area contributed by atoms with E-state index in [1.54, 1.807) is 0 Å². The number of aliphatic hydroxyl groups excluding tert-OH is 1. The maximum atomic E-state index is 9.09. The zero-order valence-corrected chi connectivity index (χ0v) is 5.51. The lowest BCUT2D eigenvalue weighted by Crippen LogP contribution is -2.32. The zero-order chi connectivity index (χ0) is 6.69. The molecule has 1 rings (SSSR count). The Kier molecular flexibility index (Phi) is 2.45. The van der Waals surface area contributed by atoms with E-state index in [9.17, 15) is 0 Å². The lowest BCUT2D eigenvalue weighted by molar-refractivity contribution is 0.168. The summed E-state index contributed by atoms with van der Waals surface area (Å²) in [7, 11) is 0. The normalized spacial score (nSPS) is 38.0. The van der Waals surface area contributed by atoms with E-state index in [4.69, 9.17) is 10.8 Å². The summed E-state index contributed by atoms with van der Waals surface area (Å²) in [4.78, 5) is 0. The second-order valence-corrected chi connectivity index (χ2v) is 2.65. The molecule has 0 unspecified atom stereocenters. The van der Waals surface area contributed by atoms with Crippen molar-refractivity contribution in [2.75, 3.05) is 13.1 Å². The van der Waals surface area contributed by atoms with Gasteiger partial charge in [0, 0.05) is 19.1 Å². The molecule has 3 heteroatoms. The number of aliphatic hydroxyl groups is 1. The lowest BCUT2D eigenvalue weighted by Gasteiger charge is -2.04. The molecule has 1 fully saturated rings. The molecule has 4 N–H and O–H groups in total. The molecule has 1 heterocycles. The molecule has 54 valence electrons. The van der Waals surface area contributed by atoms with E-state index in [0.717, 1.165) is 19.4 Å². The van der Waals surface area contributed by atoms with Crippen molar-refractivity contribution in [3.8, 4) is 0 Å². The van der Waals surface area contributed by atoms with Crippen molar-refractivity contribution in [1.82, 2.24) is 5.32 Å². The van der Waals surface area contributed by atoms with Crippen LogP contribution in [0.5, 0.6) is 0 Å². The summed E-state index contributed by atoms with van der Waals surface area (Å²) in [6.07, 6.45) is 1.60. The fourth-order valence-corrected chi connectivity index (χ4v) is 1.05. The van der Waals surface area contributed by atoms with Gasteiger partial charge in [0.05, 0.1) is 6.10 Å². The first kappa shape index (κ1) is 6.99. The Labute approximate surface area is 55.2 Å². The molecule has 0 aromatic rings. The first-order valence-corrected chi connectivity index (χ1v) is 3.43. The number of rotatable bonds is 0. The fourth-order valence-electron chi connectivity index (χ4n) is 1.05. The molecular weight excluding hydrogens is 116 g/mol. The predicted octanol–water partition coefficient (Wildman–Crippen LogP) is -0.942. The Hall–Kier alpha value is -0.120. The molecule has 0 saturated carbocycles. The van der Waals surface area contributed by atoms with Gasteiger partial charge in [0.15, 0.2) is 0 Å². The van der Waals surface area contributed by atoms with Crippen molar-refractivity contribution in [3.63, 3.8) is 0 Å². The summed E-state index contributed by atoms with van der Waals surface area (Å²) >= 11 is 0. The Balaban J connectivity index is 2.25. The molecule has 0 aliphatic carbocycles. The largest absolute Gasteiger partial charge is 0.392 e. The summed E-state index contributed by atoms with van der Waals surface area (Å²) in [5.74, 6) is 0. The van der Waals surface area contributed by atoms with Gasteiger partial charge in [0.2, 0.25) is 0 Å². The zero-order valence-electron chi connectivity index (χ0n) is 5.51. The molecule has 0 aromatic carbocycles. The highest BCUT2D eigenvalue weighted by atomic mass is 16.3. The van der Waals surface area contributed by atoms with Gasteiger partial charge in [-0.15, -0.1) is 0 Å². The van der Waals surface area contributed by atoms with E-state index in [2.05, 4.69) is 5.32 Å². The van der Waals surface area contributed by atoms with Gasteiger partial charge >= 0.3 is 0 Å². The van der Waals surface area contributed by atoms with Crippen molar-refractivity contribution in [2.24, 2.45) is 5.73 Å². The number of β-amino-alcohol motifs (C(OH)–C–C–N with tert-alkyl or cyclic N) is 1. The van der Waals surface area contributed by atoms with E-state index < -0.39 is 0 Å². The molecule has 0 aromatic heterocycles.